The zero-order valence-corrected chi connectivity index (χ0v) is 13.5. The largest absolute Gasteiger partial charge is 0.494 e. The summed E-state index contributed by atoms with van der Waals surface area (Å²) in [4.78, 5) is 34.4. The summed E-state index contributed by atoms with van der Waals surface area (Å²) in [6.45, 7) is -0.454. The summed E-state index contributed by atoms with van der Waals surface area (Å²) in [5.74, 6) is -0.938. The van der Waals surface area contributed by atoms with Crippen LogP contribution in [0.2, 0.25) is 0 Å². The number of anilines is 1. The number of nitrogens with one attached hydrogen (secondary N) is 1. The molecule has 0 fully saturated rings. The Morgan fingerprint density at radius 2 is 2.12 bits per heavy atom. The van der Waals surface area contributed by atoms with Crippen molar-refractivity contribution in [2.45, 2.75) is 6.42 Å². The highest BCUT2D eigenvalue weighted by Crippen LogP contribution is 2.28. The number of nitro benzene ring substituents is 1. The van der Waals surface area contributed by atoms with Crippen LogP contribution in [0.5, 0.6) is 5.75 Å². The molecule has 9 heteroatoms. The fourth-order valence-corrected chi connectivity index (χ4v) is 2.53. The monoisotopic (exact) mass is 350 g/mol. The van der Waals surface area contributed by atoms with Gasteiger partial charge in [-0.3, -0.25) is 19.7 Å². The Morgan fingerprint density at radius 3 is 2.75 bits per heavy atom. The molecule has 1 N–H and O–H groups in total. The molecular weight excluding hydrogens is 336 g/mol. The number of rotatable bonds is 7. The van der Waals surface area contributed by atoms with Gasteiger partial charge in [0.1, 0.15) is 5.75 Å². The third-order valence-electron chi connectivity index (χ3n) is 2.93. The fourth-order valence-electron chi connectivity index (χ4n) is 1.84. The molecule has 0 aliphatic rings. The van der Waals surface area contributed by atoms with Crippen molar-refractivity contribution in [3.63, 3.8) is 0 Å². The minimum absolute atomic E-state index is 0.103. The lowest BCUT2D eigenvalue weighted by molar-refractivity contribution is -0.384. The lowest BCUT2D eigenvalue weighted by Crippen LogP contribution is -2.21. The minimum Gasteiger partial charge on any atom is -0.494 e. The van der Waals surface area contributed by atoms with Crippen LogP contribution in [0.4, 0.5) is 11.4 Å². The Hall–Kier alpha value is -2.94. The Bertz CT molecular complexity index is 744. The molecule has 1 amide bonds. The average molecular weight is 350 g/mol. The van der Waals surface area contributed by atoms with Gasteiger partial charge >= 0.3 is 5.97 Å². The maximum absolute atomic E-state index is 11.8. The number of benzene rings is 1. The molecule has 126 valence electrons. The van der Waals surface area contributed by atoms with Gasteiger partial charge in [0.05, 0.1) is 30.2 Å². The van der Waals surface area contributed by atoms with E-state index in [-0.39, 0.29) is 23.5 Å². The van der Waals surface area contributed by atoms with E-state index in [1.54, 1.807) is 6.07 Å². The first-order valence-electron chi connectivity index (χ1n) is 6.80. The van der Waals surface area contributed by atoms with Crippen LogP contribution in [0, 0.1) is 10.1 Å². The number of hydrogen-bond donors (Lipinski definition) is 1. The molecule has 0 radical (unpaired) electrons. The van der Waals surface area contributed by atoms with E-state index in [9.17, 15) is 19.7 Å². The molecule has 1 aromatic heterocycles. The predicted molar refractivity (Wildman–Crippen MR) is 87.3 cm³/mol. The van der Waals surface area contributed by atoms with Gasteiger partial charge in [-0.25, -0.2) is 0 Å². The molecule has 0 saturated carbocycles. The number of ether oxygens (including phenoxy) is 2. The third kappa shape index (κ3) is 4.78. The first-order valence-corrected chi connectivity index (χ1v) is 7.68. The van der Waals surface area contributed by atoms with Gasteiger partial charge in [-0.1, -0.05) is 6.07 Å². The van der Waals surface area contributed by atoms with Gasteiger partial charge in [-0.05, 0) is 17.5 Å². The van der Waals surface area contributed by atoms with Crippen molar-refractivity contribution in [2.75, 3.05) is 19.0 Å². The smallest absolute Gasteiger partial charge is 0.311 e. The Morgan fingerprint density at radius 1 is 1.33 bits per heavy atom. The summed E-state index contributed by atoms with van der Waals surface area (Å²) >= 11 is 1.42. The van der Waals surface area contributed by atoms with E-state index < -0.39 is 23.4 Å². The number of thiophene rings is 1. The second kappa shape index (κ2) is 8.06. The van der Waals surface area contributed by atoms with Crippen molar-refractivity contribution in [2.24, 2.45) is 0 Å². The summed E-state index contributed by atoms with van der Waals surface area (Å²) in [7, 11) is 1.33. The van der Waals surface area contributed by atoms with Crippen molar-refractivity contribution in [3.05, 3.63) is 50.7 Å². The third-order valence-corrected chi connectivity index (χ3v) is 3.81. The van der Waals surface area contributed by atoms with Crippen LogP contribution in [-0.2, 0) is 20.7 Å². The average Bonchev–Trinajstić information content (AvgIpc) is 3.06. The Balaban J connectivity index is 1.90. The molecule has 24 heavy (non-hydrogen) atoms. The van der Waals surface area contributed by atoms with Crippen molar-refractivity contribution < 1.29 is 24.0 Å². The molecule has 1 aromatic carbocycles. The van der Waals surface area contributed by atoms with Crippen LogP contribution in [0.25, 0.3) is 0 Å². The number of nitrogens with zero attached hydrogens (tertiary/aromatic N) is 1. The second-order valence-electron chi connectivity index (χ2n) is 4.61. The van der Waals surface area contributed by atoms with Gasteiger partial charge in [-0.2, -0.15) is 0 Å². The van der Waals surface area contributed by atoms with Crippen molar-refractivity contribution in [1.82, 2.24) is 0 Å². The van der Waals surface area contributed by atoms with Gasteiger partial charge in [-0.15, -0.1) is 11.3 Å². The van der Waals surface area contributed by atoms with E-state index in [1.165, 1.54) is 36.6 Å². The summed E-state index contributed by atoms with van der Waals surface area (Å²) in [6, 6.07) is 7.40. The summed E-state index contributed by atoms with van der Waals surface area (Å²) in [6.07, 6.45) is 0.103. The van der Waals surface area contributed by atoms with Gasteiger partial charge < -0.3 is 14.8 Å². The number of methoxy groups -OCH3 is 1. The molecule has 0 aliphatic carbocycles. The first-order chi connectivity index (χ1) is 11.5. The van der Waals surface area contributed by atoms with E-state index >= 15 is 0 Å². The SMILES string of the molecule is COc1cc([N+](=O)[O-])ccc1NC(=O)COC(=O)Cc1cccs1. The summed E-state index contributed by atoms with van der Waals surface area (Å²) in [5.41, 5.74) is 0.0923. The van der Waals surface area contributed by atoms with E-state index in [0.717, 1.165) is 4.88 Å². The number of esters is 1. The number of hydrogen-bond acceptors (Lipinski definition) is 7. The first kappa shape index (κ1) is 17.4. The van der Waals surface area contributed by atoms with Gasteiger partial charge in [0.25, 0.3) is 11.6 Å². The molecule has 2 aromatic rings. The Kier molecular flexibility index (Phi) is 5.85. The van der Waals surface area contributed by atoms with E-state index in [0.29, 0.717) is 0 Å². The molecule has 8 nitrogen and oxygen atoms in total. The molecule has 0 atom stereocenters. The highest BCUT2D eigenvalue weighted by atomic mass is 32.1. The van der Waals surface area contributed by atoms with Crippen molar-refractivity contribution >= 4 is 34.6 Å². The highest BCUT2D eigenvalue weighted by Gasteiger charge is 2.14. The Labute approximate surface area is 141 Å². The minimum atomic E-state index is -0.569. The number of non-ortho nitro benzene ring substituents is 1. The molecule has 2 rings (SSSR count). The fraction of sp³-hybridized carbons (Fsp3) is 0.200. The molecule has 0 unspecified atom stereocenters. The topological polar surface area (TPSA) is 108 Å². The maximum Gasteiger partial charge on any atom is 0.311 e. The molecule has 0 aliphatic heterocycles. The summed E-state index contributed by atoms with van der Waals surface area (Å²) < 4.78 is 9.90. The van der Waals surface area contributed by atoms with Gasteiger partial charge in [0, 0.05) is 10.9 Å². The standard InChI is InChI=1S/C15H14N2O6S/c1-22-13-7-10(17(20)21)4-5-12(13)16-14(18)9-23-15(19)8-11-3-2-6-24-11/h2-7H,8-9H2,1H3,(H,16,18). The van der Waals surface area contributed by atoms with Crippen molar-refractivity contribution in [3.8, 4) is 5.75 Å². The zero-order valence-electron chi connectivity index (χ0n) is 12.7. The normalized spacial score (nSPS) is 10.0. The number of carbonyl (C=O) groups excluding carboxylic acids is 2. The summed E-state index contributed by atoms with van der Waals surface area (Å²) in [5, 5.41) is 15.0. The van der Waals surface area contributed by atoms with E-state index in [1.807, 2.05) is 11.4 Å². The number of nitro groups is 1. The van der Waals surface area contributed by atoms with Crippen molar-refractivity contribution in [1.29, 1.82) is 0 Å². The van der Waals surface area contributed by atoms with Crippen LogP contribution < -0.4 is 10.1 Å². The van der Waals surface area contributed by atoms with Crippen LogP contribution in [0.3, 0.4) is 0 Å². The lowest BCUT2D eigenvalue weighted by atomic mass is 10.2. The quantitative estimate of drug-likeness (QED) is 0.467. The molecule has 0 saturated heterocycles. The predicted octanol–water partition coefficient (Wildman–Crippen LogP) is 2.39. The number of amides is 1. The molecular formula is C15H14N2O6S. The lowest BCUT2D eigenvalue weighted by Gasteiger charge is -2.10. The van der Waals surface area contributed by atoms with Gasteiger partial charge in [0.2, 0.25) is 0 Å². The van der Waals surface area contributed by atoms with Crippen LogP contribution >= 0.6 is 11.3 Å². The van der Waals surface area contributed by atoms with Crippen LogP contribution in [0.1, 0.15) is 4.88 Å². The highest BCUT2D eigenvalue weighted by molar-refractivity contribution is 7.10. The zero-order chi connectivity index (χ0) is 17.5. The number of carbonyl (C=O) groups is 2. The maximum atomic E-state index is 11.8. The van der Waals surface area contributed by atoms with Gasteiger partial charge in [0.15, 0.2) is 6.61 Å². The molecule has 0 spiro atoms. The van der Waals surface area contributed by atoms with E-state index in [4.69, 9.17) is 9.47 Å². The molecule has 1 heterocycles. The van der Waals surface area contributed by atoms with Crippen LogP contribution in [-0.4, -0.2) is 30.5 Å². The second-order valence-corrected chi connectivity index (χ2v) is 5.64. The van der Waals surface area contributed by atoms with E-state index in [2.05, 4.69) is 5.32 Å². The molecule has 0 bridgehead atoms. The van der Waals surface area contributed by atoms with Crippen LogP contribution in [0.15, 0.2) is 35.7 Å².